The molecule has 0 spiro atoms. The molecule has 0 saturated heterocycles. The summed E-state index contributed by atoms with van der Waals surface area (Å²) in [6.45, 7) is 4.82. The standard InChI is InChI=1S/C12H13BrFNO/c1-7(2)15-5-8-6-16-12-10(8)3-9(14)4-11(12)13/h3-4,6-7,15H,5H2,1-2H3. The van der Waals surface area contributed by atoms with Crippen molar-refractivity contribution in [2.45, 2.75) is 26.4 Å². The molecular formula is C12H13BrFNO. The first-order valence-corrected chi connectivity index (χ1v) is 5.95. The topological polar surface area (TPSA) is 25.2 Å². The van der Waals surface area contributed by atoms with E-state index in [1.165, 1.54) is 12.1 Å². The molecule has 2 aromatic rings. The van der Waals surface area contributed by atoms with Crippen LogP contribution in [0, 0.1) is 5.82 Å². The fourth-order valence-electron chi connectivity index (χ4n) is 1.56. The van der Waals surface area contributed by atoms with Crippen LogP contribution >= 0.6 is 15.9 Å². The SMILES string of the molecule is CC(C)NCc1coc2c(Br)cc(F)cc12. The average Bonchev–Trinajstić information content (AvgIpc) is 2.58. The molecule has 86 valence electrons. The van der Waals surface area contributed by atoms with E-state index in [0.717, 1.165) is 10.9 Å². The smallest absolute Gasteiger partial charge is 0.148 e. The van der Waals surface area contributed by atoms with Gasteiger partial charge in [-0.2, -0.15) is 0 Å². The largest absolute Gasteiger partial charge is 0.463 e. The Morgan fingerprint density at radius 1 is 1.44 bits per heavy atom. The molecule has 0 amide bonds. The third-order valence-corrected chi connectivity index (χ3v) is 2.96. The zero-order chi connectivity index (χ0) is 11.7. The van der Waals surface area contributed by atoms with Crippen molar-refractivity contribution >= 4 is 26.9 Å². The van der Waals surface area contributed by atoms with Crippen LogP contribution in [0.15, 0.2) is 27.3 Å². The van der Waals surface area contributed by atoms with Gasteiger partial charge in [0.1, 0.15) is 11.4 Å². The highest BCUT2D eigenvalue weighted by Crippen LogP contribution is 2.29. The zero-order valence-corrected chi connectivity index (χ0v) is 10.8. The number of hydrogen-bond donors (Lipinski definition) is 1. The summed E-state index contributed by atoms with van der Waals surface area (Å²) in [5, 5.41) is 4.10. The summed E-state index contributed by atoms with van der Waals surface area (Å²) in [4.78, 5) is 0. The Labute approximate surface area is 102 Å². The Morgan fingerprint density at radius 3 is 2.88 bits per heavy atom. The van der Waals surface area contributed by atoms with E-state index in [1.807, 2.05) is 0 Å². The second-order valence-corrected chi connectivity index (χ2v) is 4.92. The van der Waals surface area contributed by atoms with Crippen LogP contribution in [0.1, 0.15) is 19.4 Å². The van der Waals surface area contributed by atoms with Crippen LogP contribution in [0.4, 0.5) is 4.39 Å². The first kappa shape index (κ1) is 11.6. The molecule has 2 nitrogen and oxygen atoms in total. The summed E-state index contributed by atoms with van der Waals surface area (Å²) in [6.07, 6.45) is 1.67. The molecule has 16 heavy (non-hydrogen) atoms. The molecule has 0 radical (unpaired) electrons. The average molecular weight is 286 g/mol. The number of nitrogens with one attached hydrogen (secondary N) is 1. The van der Waals surface area contributed by atoms with Gasteiger partial charge in [-0.3, -0.25) is 0 Å². The van der Waals surface area contributed by atoms with Crippen molar-refractivity contribution in [3.05, 3.63) is 34.2 Å². The van der Waals surface area contributed by atoms with Gasteiger partial charge in [-0.25, -0.2) is 4.39 Å². The maximum atomic E-state index is 13.3. The minimum atomic E-state index is -0.258. The van der Waals surface area contributed by atoms with E-state index >= 15 is 0 Å². The van der Waals surface area contributed by atoms with Gasteiger partial charge in [-0.05, 0) is 28.1 Å². The lowest BCUT2D eigenvalue weighted by molar-refractivity contribution is 0.572. The van der Waals surface area contributed by atoms with Gasteiger partial charge in [-0.15, -0.1) is 0 Å². The van der Waals surface area contributed by atoms with E-state index in [2.05, 4.69) is 35.1 Å². The van der Waals surface area contributed by atoms with Gasteiger partial charge in [0.05, 0.1) is 10.7 Å². The van der Waals surface area contributed by atoms with Gasteiger partial charge in [0.15, 0.2) is 0 Å². The molecule has 0 atom stereocenters. The fraction of sp³-hybridized carbons (Fsp3) is 0.333. The first-order valence-electron chi connectivity index (χ1n) is 5.16. The van der Waals surface area contributed by atoms with Crippen LogP contribution in [0.3, 0.4) is 0 Å². The highest BCUT2D eigenvalue weighted by Gasteiger charge is 2.10. The minimum Gasteiger partial charge on any atom is -0.463 e. The number of hydrogen-bond acceptors (Lipinski definition) is 2. The lowest BCUT2D eigenvalue weighted by Crippen LogP contribution is -2.21. The van der Waals surface area contributed by atoms with E-state index in [1.54, 1.807) is 6.26 Å². The molecule has 0 aliphatic rings. The molecule has 1 aromatic carbocycles. The normalized spacial score (nSPS) is 11.6. The monoisotopic (exact) mass is 285 g/mol. The molecule has 0 bridgehead atoms. The molecule has 4 heteroatoms. The third kappa shape index (κ3) is 2.28. The summed E-state index contributed by atoms with van der Waals surface area (Å²) in [5.41, 5.74) is 1.67. The molecule has 0 saturated carbocycles. The molecule has 0 aliphatic heterocycles. The van der Waals surface area contributed by atoms with Crippen molar-refractivity contribution < 1.29 is 8.81 Å². The predicted molar refractivity (Wildman–Crippen MR) is 65.8 cm³/mol. The van der Waals surface area contributed by atoms with E-state index < -0.39 is 0 Å². The van der Waals surface area contributed by atoms with Crippen LogP contribution in [0.25, 0.3) is 11.0 Å². The summed E-state index contributed by atoms with van der Waals surface area (Å²) < 4.78 is 19.3. The van der Waals surface area contributed by atoms with Gasteiger partial charge in [0, 0.05) is 23.5 Å². The Morgan fingerprint density at radius 2 is 2.19 bits per heavy atom. The van der Waals surface area contributed by atoms with Crippen LogP contribution in [0.5, 0.6) is 0 Å². The highest BCUT2D eigenvalue weighted by atomic mass is 79.9. The van der Waals surface area contributed by atoms with Crippen LogP contribution in [-0.2, 0) is 6.54 Å². The van der Waals surface area contributed by atoms with E-state index in [4.69, 9.17) is 4.42 Å². The van der Waals surface area contributed by atoms with Gasteiger partial charge in [0.2, 0.25) is 0 Å². The number of halogens is 2. The van der Waals surface area contributed by atoms with Gasteiger partial charge in [-0.1, -0.05) is 13.8 Å². The van der Waals surface area contributed by atoms with E-state index in [9.17, 15) is 4.39 Å². The van der Waals surface area contributed by atoms with Crippen molar-refractivity contribution in [1.82, 2.24) is 5.32 Å². The molecule has 1 N–H and O–H groups in total. The van der Waals surface area contributed by atoms with Crippen molar-refractivity contribution in [3.8, 4) is 0 Å². The van der Waals surface area contributed by atoms with Crippen LogP contribution in [-0.4, -0.2) is 6.04 Å². The first-order chi connectivity index (χ1) is 7.58. The second-order valence-electron chi connectivity index (χ2n) is 4.06. The molecule has 0 unspecified atom stereocenters. The van der Waals surface area contributed by atoms with Crippen LogP contribution in [0.2, 0.25) is 0 Å². The van der Waals surface area contributed by atoms with Crippen molar-refractivity contribution in [1.29, 1.82) is 0 Å². The fourth-order valence-corrected chi connectivity index (χ4v) is 2.09. The summed E-state index contributed by atoms with van der Waals surface area (Å²) in [6, 6.07) is 3.30. The predicted octanol–water partition coefficient (Wildman–Crippen LogP) is 3.83. The van der Waals surface area contributed by atoms with Gasteiger partial charge < -0.3 is 9.73 Å². The molecule has 2 rings (SSSR count). The maximum Gasteiger partial charge on any atom is 0.148 e. The summed E-state index contributed by atoms with van der Waals surface area (Å²) >= 11 is 3.29. The Bertz CT molecular complexity index is 507. The Balaban J connectivity index is 2.40. The lowest BCUT2D eigenvalue weighted by Gasteiger charge is -2.06. The van der Waals surface area contributed by atoms with E-state index in [-0.39, 0.29) is 5.82 Å². The Hall–Kier alpha value is -0.870. The van der Waals surface area contributed by atoms with E-state index in [0.29, 0.717) is 22.6 Å². The molecule has 0 aliphatic carbocycles. The highest BCUT2D eigenvalue weighted by molar-refractivity contribution is 9.10. The zero-order valence-electron chi connectivity index (χ0n) is 9.18. The third-order valence-electron chi connectivity index (χ3n) is 2.37. The number of furan rings is 1. The van der Waals surface area contributed by atoms with Gasteiger partial charge in [0.25, 0.3) is 0 Å². The number of benzene rings is 1. The number of fused-ring (bicyclic) bond motifs is 1. The lowest BCUT2D eigenvalue weighted by atomic mass is 10.1. The van der Waals surface area contributed by atoms with Crippen LogP contribution < -0.4 is 5.32 Å². The van der Waals surface area contributed by atoms with Crippen molar-refractivity contribution in [2.75, 3.05) is 0 Å². The Kier molecular flexibility index (Phi) is 3.30. The summed E-state index contributed by atoms with van der Waals surface area (Å²) in [7, 11) is 0. The molecular weight excluding hydrogens is 273 g/mol. The summed E-state index contributed by atoms with van der Waals surface area (Å²) in [5.74, 6) is -0.258. The quantitative estimate of drug-likeness (QED) is 0.927. The molecule has 1 heterocycles. The van der Waals surface area contributed by atoms with Crippen molar-refractivity contribution in [3.63, 3.8) is 0 Å². The number of rotatable bonds is 3. The van der Waals surface area contributed by atoms with Crippen molar-refractivity contribution in [2.24, 2.45) is 0 Å². The minimum absolute atomic E-state index is 0.258. The van der Waals surface area contributed by atoms with Gasteiger partial charge >= 0.3 is 0 Å². The molecule has 0 fully saturated rings. The second kappa shape index (κ2) is 4.55. The maximum absolute atomic E-state index is 13.3. The molecule has 1 aromatic heterocycles.